The second-order valence-electron chi connectivity index (χ2n) is 11.2. The second kappa shape index (κ2) is 15.8. The number of halogens is 1. The zero-order valence-corrected chi connectivity index (χ0v) is 26.1. The molecular formula is C31H42FN7O5. The maximum absolute atomic E-state index is 14.2. The molecule has 3 aromatic rings. The van der Waals surface area contributed by atoms with Gasteiger partial charge in [0.25, 0.3) is 5.56 Å². The molecule has 0 bridgehead atoms. The summed E-state index contributed by atoms with van der Waals surface area (Å²) < 4.78 is 20.6. The van der Waals surface area contributed by atoms with Crippen molar-refractivity contribution in [3.8, 4) is 0 Å². The molecule has 1 unspecified atom stereocenters. The van der Waals surface area contributed by atoms with Gasteiger partial charge in [0.1, 0.15) is 23.4 Å². The predicted molar refractivity (Wildman–Crippen MR) is 167 cm³/mol. The molecule has 0 saturated heterocycles. The SMILES string of the molecule is COCCN(C)C(=O)NC(CC/C=C/C(=O)N(C)C)C(=O)Nc1cccn(Cc2nc3cc(F)cc(CC(C)C)c3[nH]2)c1=O. The highest BCUT2D eigenvalue weighted by Crippen LogP contribution is 2.22. The van der Waals surface area contributed by atoms with Crippen molar-refractivity contribution in [2.75, 3.05) is 46.7 Å². The van der Waals surface area contributed by atoms with Crippen LogP contribution < -0.4 is 16.2 Å². The number of H-pyrrole nitrogens is 1. The Morgan fingerprint density at radius 3 is 2.64 bits per heavy atom. The molecule has 1 atom stereocenters. The lowest BCUT2D eigenvalue weighted by Gasteiger charge is -2.23. The third-order valence-electron chi connectivity index (χ3n) is 6.83. The lowest BCUT2D eigenvalue weighted by atomic mass is 10.0. The molecule has 0 radical (unpaired) electrons. The van der Waals surface area contributed by atoms with E-state index in [9.17, 15) is 23.6 Å². The van der Waals surface area contributed by atoms with E-state index in [-0.39, 0.29) is 30.4 Å². The number of aromatic amines is 1. The monoisotopic (exact) mass is 611 g/mol. The van der Waals surface area contributed by atoms with Crippen LogP contribution in [0.2, 0.25) is 0 Å². The molecule has 238 valence electrons. The van der Waals surface area contributed by atoms with Gasteiger partial charge in [-0.15, -0.1) is 0 Å². The van der Waals surface area contributed by atoms with Crippen LogP contribution in [0.4, 0.5) is 14.9 Å². The Morgan fingerprint density at radius 2 is 1.95 bits per heavy atom. The summed E-state index contributed by atoms with van der Waals surface area (Å²) in [5.74, 6) is -0.391. The Hall–Kier alpha value is -4.52. The summed E-state index contributed by atoms with van der Waals surface area (Å²) in [6.45, 7) is 4.79. The maximum Gasteiger partial charge on any atom is 0.317 e. The lowest BCUT2D eigenvalue weighted by Crippen LogP contribution is -2.49. The van der Waals surface area contributed by atoms with Gasteiger partial charge in [-0.1, -0.05) is 19.9 Å². The quantitative estimate of drug-likeness (QED) is 0.239. The predicted octanol–water partition coefficient (Wildman–Crippen LogP) is 3.13. The first-order valence-electron chi connectivity index (χ1n) is 14.4. The number of urea groups is 1. The second-order valence-corrected chi connectivity index (χ2v) is 11.2. The molecule has 0 aliphatic carbocycles. The van der Waals surface area contributed by atoms with Crippen LogP contribution in [0.5, 0.6) is 0 Å². The third kappa shape index (κ3) is 9.49. The van der Waals surface area contributed by atoms with Crippen LogP contribution in [-0.2, 0) is 27.3 Å². The van der Waals surface area contributed by atoms with Gasteiger partial charge in [-0.05, 0) is 55.0 Å². The van der Waals surface area contributed by atoms with Crippen LogP contribution in [0.3, 0.4) is 0 Å². The molecule has 4 amide bonds. The minimum atomic E-state index is -0.996. The number of benzene rings is 1. The Morgan fingerprint density at radius 1 is 1.20 bits per heavy atom. The van der Waals surface area contributed by atoms with Crippen LogP contribution >= 0.6 is 0 Å². The molecule has 0 aliphatic rings. The number of pyridine rings is 1. The number of amides is 4. The van der Waals surface area contributed by atoms with Crippen molar-refractivity contribution in [2.24, 2.45) is 5.92 Å². The van der Waals surface area contributed by atoms with E-state index >= 15 is 0 Å². The number of methoxy groups -OCH3 is 1. The van der Waals surface area contributed by atoms with Gasteiger partial charge in [0.15, 0.2) is 0 Å². The first-order chi connectivity index (χ1) is 20.9. The van der Waals surface area contributed by atoms with Gasteiger partial charge in [-0.3, -0.25) is 14.4 Å². The highest BCUT2D eigenvalue weighted by Gasteiger charge is 2.23. The van der Waals surface area contributed by atoms with Crippen LogP contribution in [0.1, 0.15) is 38.1 Å². The number of nitrogens with one attached hydrogen (secondary N) is 3. The number of fused-ring (bicyclic) bond motifs is 1. The summed E-state index contributed by atoms with van der Waals surface area (Å²) >= 11 is 0. The van der Waals surface area contributed by atoms with E-state index < -0.39 is 23.5 Å². The summed E-state index contributed by atoms with van der Waals surface area (Å²) in [5.41, 5.74) is 1.55. The summed E-state index contributed by atoms with van der Waals surface area (Å²) in [4.78, 5) is 61.8. The van der Waals surface area contributed by atoms with E-state index in [4.69, 9.17) is 4.74 Å². The number of aromatic nitrogens is 3. The fraction of sp³-hybridized carbons (Fsp3) is 0.452. The molecule has 3 N–H and O–H groups in total. The lowest BCUT2D eigenvalue weighted by molar-refractivity contribution is -0.123. The van der Waals surface area contributed by atoms with Gasteiger partial charge >= 0.3 is 6.03 Å². The first kappa shape index (κ1) is 34.0. The van der Waals surface area contributed by atoms with Crippen LogP contribution in [0.25, 0.3) is 11.0 Å². The van der Waals surface area contributed by atoms with Crippen molar-refractivity contribution in [3.05, 3.63) is 70.2 Å². The first-order valence-corrected chi connectivity index (χ1v) is 14.4. The van der Waals surface area contributed by atoms with E-state index in [0.29, 0.717) is 43.3 Å². The molecule has 2 aromatic heterocycles. The van der Waals surface area contributed by atoms with Crippen molar-refractivity contribution in [2.45, 2.75) is 45.7 Å². The van der Waals surface area contributed by atoms with Gasteiger partial charge in [0, 0.05) is 47.1 Å². The van der Waals surface area contributed by atoms with Gasteiger partial charge in [-0.2, -0.15) is 0 Å². The van der Waals surface area contributed by atoms with Gasteiger partial charge in [0.2, 0.25) is 11.8 Å². The Kier molecular flexibility index (Phi) is 12.2. The number of hydrogen-bond acceptors (Lipinski definition) is 6. The van der Waals surface area contributed by atoms with Gasteiger partial charge < -0.3 is 34.7 Å². The number of hydrogen-bond donors (Lipinski definition) is 3. The Labute approximate surface area is 256 Å². The standard InChI is InChI=1S/C31H42FN7O5/c1-20(2)16-21-17-22(32)18-25-28(21)36-26(33-25)19-39-13-9-11-24(30(39)42)34-29(41)23(10-7-8-12-27(40)37(3)4)35-31(43)38(5)14-15-44-6/h8-9,11-13,17-18,20,23H,7,10,14-16,19H2,1-6H3,(H,33,36)(H,34,41)(H,35,43)/b12-8+. The van der Waals surface area contributed by atoms with Crippen LogP contribution in [-0.4, -0.2) is 89.6 Å². The van der Waals surface area contributed by atoms with Crippen molar-refractivity contribution < 1.29 is 23.5 Å². The number of anilines is 1. The molecular weight excluding hydrogens is 569 g/mol. The average Bonchev–Trinajstić information content (AvgIpc) is 3.37. The molecule has 0 saturated carbocycles. The molecule has 0 spiro atoms. The highest BCUT2D eigenvalue weighted by atomic mass is 19.1. The smallest absolute Gasteiger partial charge is 0.317 e. The molecule has 0 fully saturated rings. The molecule has 3 rings (SSSR count). The summed E-state index contributed by atoms with van der Waals surface area (Å²) in [6.07, 6.45) is 5.77. The van der Waals surface area contributed by atoms with E-state index in [1.165, 1.54) is 45.8 Å². The van der Waals surface area contributed by atoms with E-state index in [1.54, 1.807) is 39.5 Å². The third-order valence-corrected chi connectivity index (χ3v) is 6.83. The summed E-state index contributed by atoms with van der Waals surface area (Å²) in [6, 6.07) is 4.46. The Balaban J connectivity index is 1.79. The number of allylic oxidation sites excluding steroid dienone is 1. The number of carbonyl (C=O) groups is 3. The zero-order chi connectivity index (χ0) is 32.4. The number of ether oxygens (including phenoxy) is 1. The summed E-state index contributed by atoms with van der Waals surface area (Å²) in [5, 5.41) is 5.35. The largest absolute Gasteiger partial charge is 0.383 e. The van der Waals surface area contributed by atoms with Crippen LogP contribution in [0.15, 0.2) is 47.4 Å². The van der Waals surface area contributed by atoms with Crippen molar-refractivity contribution >= 4 is 34.6 Å². The Bertz CT molecular complexity index is 1550. The fourth-order valence-electron chi connectivity index (χ4n) is 4.47. The number of likely N-dealkylation sites (N-methyl/N-ethyl adjacent to an activating group) is 2. The number of carbonyl (C=O) groups excluding carboxylic acids is 3. The van der Waals surface area contributed by atoms with Gasteiger partial charge in [-0.25, -0.2) is 14.2 Å². The van der Waals surface area contributed by atoms with Crippen LogP contribution in [0, 0.1) is 11.7 Å². The summed E-state index contributed by atoms with van der Waals surface area (Å²) in [7, 11) is 6.36. The average molecular weight is 612 g/mol. The van der Waals surface area contributed by atoms with Crippen molar-refractivity contribution in [1.82, 2.24) is 29.7 Å². The molecule has 44 heavy (non-hydrogen) atoms. The van der Waals surface area contributed by atoms with Gasteiger partial charge in [0.05, 0.1) is 24.2 Å². The zero-order valence-electron chi connectivity index (χ0n) is 26.1. The minimum absolute atomic E-state index is 0.0190. The molecule has 1 aromatic carbocycles. The van der Waals surface area contributed by atoms with Crippen molar-refractivity contribution in [3.63, 3.8) is 0 Å². The van der Waals surface area contributed by atoms with E-state index in [1.807, 2.05) is 13.8 Å². The minimum Gasteiger partial charge on any atom is -0.383 e. The number of nitrogens with zero attached hydrogens (tertiary/aromatic N) is 4. The molecule has 2 heterocycles. The number of rotatable bonds is 14. The van der Waals surface area contributed by atoms with E-state index in [0.717, 1.165) is 11.1 Å². The normalized spacial score (nSPS) is 12.1. The highest BCUT2D eigenvalue weighted by molar-refractivity contribution is 5.97. The molecule has 12 nitrogen and oxygen atoms in total. The fourth-order valence-corrected chi connectivity index (χ4v) is 4.47. The molecule has 0 aliphatic heterocycles. The molecule has 13 heteroatoms. The topological polar surface area (TPSA) is 142 Å². The number of imidazole rings is 1. The van der Waals surface area contributed by atoms with E-state index in [2.05, 4.69) is 20.6 Å². The van der Waals surface area contributed by atoms with Crippen molar-refractivity contribution in [1.29, 1.82) is 0 Å². The maximum atomic E-state index is 14.2.